The molecule has 0 aliphatic rings. The average molecular weight is 253 g/mol. The van der Waals surface area contributed by atoms with Crippen molar-refractivity contribution in [1.29, 1.82) is 0 Å². The highest BCUT2D eigenvalue weighted by Crippen LogP contribution is 2.20. The molecule has 0 radical (unpaired) electrons. The second-order valence-electron chi connectivity index (χ2n) is 4.09. The molecule has 6 nitrogen and oxygen atoms in total. The van der Waals surface area contributed by atoms with Crippen molar-refractivity contribution in [1.82, 2.24) is 4.98 Å². The number of aliphatic hydroxyl groups excluding tert-OH is 1. The quantitative estimate of drug-likeness (QED) is 0.749. The minimum absolute atomic E-state index is 0.285. The molecule has 0 spiro atoms. The van der Waals surface area contributed by atoms with E-state index in [1.807, 2.05) is 0 Å². The number of esters is 1. The number of aromatic nitrogens is 1. The van der Waals surface area contributed by atoms with Crippen LogP contribution in [0.2, 0.25) is 0 Å². The summed E-state index contributed by atoms with van der Waals surface area (Å²) in [5, 5.41) is 9.36. The third-order valence-corrected chi connectivity index (χ3v) is 2.28. The number of nitrogens with zero attached hydrogens (tertiary/aromatic N) is 2. The molecule has 1 rings (SSSR count). The Kier molecular flexibility index (Phi) is 4.91. The number of aliphatic hydroxyl groups is 1. The standard InChI is InChI=1S/C12H19N3O3/c1-4-18-12(17)10-5-9(13)6-14-11(10)15(3)7-8(2)16/h5-6,8,16H,4,7,13H2,1-3H3. The lowest BCUT2D eigenvalue weighted by molar-refractivity contribution is 0.0526. The zero-order valence-electron chi connectivity index (χ0n) is 10.9. The summed E-state index contributed by atoms with van der Waals surface area (Å²) in [6.07, 6.45) is 0.945. The molecule has 1 aromatic heterocycles. The molecule has 0 aliphatic heterocycles. The smallest absolute Gasteiger partial charge is 0.341 e. The van der Waals surface area contributed by atoms with Gasteiger partial charge in [-0.05, 0) is 19.9 Å². The molecule has 0 aliphatic carbocycles. The summed E-state index contributed by atoms with van der Waals surface area (Å²) in [5.41, 5.74) is 6.33. The number of nitrogen functional groups attached to an aromatic ring is 1. The Morgan fingerprint density at radius 1 is 1.67 bits per heavy atom. The minimum atomic E-state index is -0.524. The van der Waals surface area contributed by atoms with E-state index in [2.05, 4.69) is 4.98 Å². The van der Waals surface area contributed by atoms with Crippen LogP contribution in [0, 0.1) is 0 Å². The Morgan fingerprint density at radius 2 is 2.33 bits per heavy atom. The summed E-state index contributed by atoms with van der Waals surface area (Å²) >= 11 is 0. The molecule has 1 heterocycles. The maximum Gasteiger partial charge on any atom is 0.341 e. The normalized spacial score (nSPS) is 12.0. The van der Waals surface area contributed by atoms with Crippen molar-refractivity contribution in [3.8, 4) is 0 Å². The van der Waals surface area contributed by atoms with Gasteiger partial charge in [-0.1, -0.05) is 0 Å². The predicted octanol–water partition coefficient (Wildman–Crippen LogP) is 0.657. The number of pyridine rings is 1. The number of hydrogen-bond donors (Lipinski definition) is 2. The Morgan fingerprint density at radius 3 is 2.89 bits per heavy atom. The fourth-order valence-electron chi connectivity index (χ4n) is 1.62. The monoisotopic (exact) mass is 253 g/mol. The lowest BCUT2D eigenvalue weighted by Crippen LogP contribution is -2.29. The molecule has 0 fully saturated rings. The number of rotatable bonds is 5. The van der Waals surface area contributed by atoms with Gasteiger partial charge in [-0.3, -0.25) is 0 Å². The van der Waals surface area contributed by atoms with Crippen LogP contribution in [0.1, 0.15) is 24.2 Å². The van der Waals surface area contributed by atoms with Crippen LogP contribution in [0.25, 0.3) is 0 Å². The van der Waals surface area contributed by atoms with Crippen molar-refractivity contribution in [2.75, 3.05) is 30.8 Å². The van der Waals surface area contributed by atoms with Gasteiger partial charge in [0.2, 0.25) is 0 Å². The molecule has 0 saturated carbocycles. The van der Waals surface area contributed by atoms with Crippen molar-refractivity contribution >= 4 is 17.5 Å². The van der Waals surface area contributed by atoms with E-state index in [0.29, 0.717) is 23.6 Å². The van der Waals surface area contributed by atoms with Crippen LogP contribution >= 0.6 is 0 Å². The Balaban J connectivity index is 3.06. The largest absolute Gasteiger partial charge is 0.462 e. The van der Waals surface area contributed by atoms with Crippen LogP contribution in [-0.2, 0) is 4.74 Å². The molecular formula is C12H19N3O3. The molecule has 0 amide bonds. The van der Waals surface area contributed by atoms with Gasteiger partial charge in [-0.2, -0.15) is 0 Å². The van der Waals surface area contributed by atoms with Gasteiger partial charge in [0.05, 0.1) is 24.6 Å². The molecule has 1 unspecified atom stereocenters. The van der Waals surface area contributed by atoms with Gasteiger partial charge in [-0.25, -0.2) is 9.78 Å². The van der Waals surface area contributed by atoms with Crippen LogP contribution in [-0.4, -0.2) is 42.4 Å². The molecule has 0 bridgehead atoms. The predicted molar refractivity (Wildman–Crippen MR) is 69.6 cm³/mol. The van der Waals surface area contributed by atoms with Gasteiger partial charge in [0.15, 0.2) is 0 Å². The van der Waals surface area contributed by atoms with Crippen molar-refractivity contribution in [2.24, 2.45) is 0 Å². The maximum atomic E-state index is 11.8. The van der Waals surface area contributed by atoms with E-state index in [0.717, 1.165) is 0 Å². The molecule has 1 atom stereocenters. The Hall–Kier alpha value is -1.82. The Bertz CT molecular complexity index is 421. The van der Waals surface area contributed by atoms with Crippen molar-refractivity contribution in [3.05, 3.63) is 17.8 Å². The van der Waals surface area contributed by atoms with Crippen molar-refractivity contribution in [2.45, 2.75) is 20.0 Å². The van der Waals surface area contributed by atoms with E-state index in [1.54, 1.807) is 25.8 Å². The van der Waals surface area contributed by atoms with Gasteiger partial charge in [-0.15, -0.1) is 0 Å². The Labute approximate surface area is 106 Å². The number of carbonyl (C=O) groups is 1. The highest BCUT2D eigenvalue weighted by atomic mass is 16.5. The average Bonchev–Trinajstić information content (AvgIpc) is 2.28. The fourth-order valence-corrected chi connectivity index (χ4v) is 1.62. The molecule has 1 aromatic rings. The van der Waals surface area contributed by atoms with Gasteiger partial charge in [0.1, 0.15) is 11.4 Å². The summed E-state index contributed by atoms with van der Waals surface area (Å²) in [6, 6.07) is 1.53. The highest BCUT2D eigenvalue weighted by Gasteiger charge is 2.18. The zero-order valence-corrected chi connectivity index (χ0v) is 10.9. The second-order valence-corrected chi connectivity index (χ2v) is 4.09. The first-order chi connectivity index (χ1) is 8.45. The van der Waals surface area contributed by atoms with E-state index in [4.69, 9.17) is 10.5 Å². The van der Waals surface area contributed by atoms with Crippen LogP contribution in [0.4, 0.5) is 11.5 Å². The first-order valence-corrected chi connectivity index (χ1v) is 5.77. The molecule has 18 heavy (non-hydrogen) atoms. The molecule has 3 N–H and O–H groups in total. The molecule has 0 aromatic carbocycles. The van der Waals surface area contributed by atoms with Gasteiger partial charge < -0.3 is 20.5 Å². The first kappa shape index (κ1) is 14.2. The number of likely N-dealkylation sites (N-methyl/N-ethyl adjacent to an activating group) is 1. The molecular weight excluding hydrogens is 234 g/mol. The van der Waals surface area contributed by atoms with E-state index < -0.39 is 12.1 Å². The van der Waals surface area contributed by atoms with E-state index in [-0.39, 0.29) is 6.61 Å². The van der Waals surface area contributed by atoms with E-state index in [9.17, 15) is 9.90 Å². The summed E-state index contributed by atoms with van der Waals surface area (Å²) in [4.78, 5) is 17.6. The number of carbonyl (C=O) groups excluding carboxylic acids is 1. The van der Waals surface area contributed by atoms with Crippen LogP contribution in [0.5, 0.6) is 0 Å². The summed E-state index contributed by atoms with van der Waals surface area (Å²) in [6.45, 7) is 4.05. The third-order valence-electron chi connectivity index (χ3n) is 2.28. The molecule has 0 saturated heterocycles. The zero-order chi connectivity index (χ0) is 13.7. The third kappa shape index (κ3) is 3.59. The van der Waals surface area contributed by atoms with Crippen molar-refractivity contribution in [3.63, 3.8) is 0 Å². The first-order valence-electron chi connectivity index (χ1n) is 5.77. The second kappa shape index (κ2) is 6.20. The van der Waals surface area contributed by atoms with Crippen LogP contribution in [0.3, 0.4) is 0 Å². The number of anilines is 2. The van der Waals surface area contributed by atoms with Crippen LogP contribution in [0.15, 0.2) is 12.3 Å². The lowest BCUT2D eigenvalue weighted by Gasteiger charge is -2.22. The number of nitrogens with two attached hydrogens (primary N) is 1. The molecule has 100 valence electrons. The maximum absolute atomic E-state index is 11.8. The van der Waals surface area contributed by atoms with Gasteiger partial charge >= 0.3 is 5.97 Å². The summed E-state index contributed by atoms with van der Waals surface area (Å²) < 4.78 is 4.96. The summed E-state index contributed by atoms with van der Waals surface area (Å²) in [5.74, 6) is -0.0201. The summed E-state index contributed by atoms with van der Waals surface area (Å²) in [7, 11) is 1.74. The van der Waals surface area contributed by atoms with E-state index in [1.165, 1.54) is 12.3 Å². The van der Waals surface area contributed by atoms with Gasteiger partial charge in [0, 0.05) is 13.6 Å². The fraction of sp³-hybridized carbons (Fsp3) is 0.500. The highest BCUT2D eigenvalue weighted by molar-refractivity contribution is 5.95. The number of ether oxygens (including phenoxy) is 1. The van der Waals surface area contributed by atoms with Gasteiger partial charge in [0.25, 0.3) is 0 Å². The minimum Gasteiger partial charge on any atom is -0.462 e. The van der Waals surface area contributed by atoms with E-state index >= 15 is 0 Å². The topological polar surface area (TPSA) is 88.7 Å². The molecule has 6 heteroatoms. The van der Waals surface area contributed by atoms with Crippen molar-refractivity contribution < 1.29 is 14.6 Å². The lowest BCUT2D eigenvalue weighted by atomic mass is 10.2. The number of hydrogen-bond acceptors (Lipinski definition) is 6. The SMILES string of the molecule is CCOC(=O)c1cc(N)cnc1N(C)CC(C)O. The van der Waals surface area contributed by atoms with Crippen LogP contribution < -0.4 is 10.6 Å².